The number of benzene rings is 8. The van der Waals surface area contributed by atoms with Crippen LogP contribution in [0.4, 0.5) is 0 Å². The maximum Gasteiger partial charge on any atom is 0.311 e. The topological polar surface area (TPSA) is 17.1 Å². The van der Waals surface area contributed by atoms with Crippen molar-refractivity contribution in [3.05, 3.63) is 217 Å². The molecular formula is C59H38N4SSi+2. The molecule has 8 aromatic carbocycles. The van der Waals surface area contributed by atoms with Gasteiger partial charge in [-0.15, -0.1) is 11.3 Å². The van der Waals surface area contributed by atoms with Gasteiger partial charge in [0.15, 0.2) is 19.3 Å². The van der Waals surface area contributed by atoms with Gasteiger partial charge in [0, 0.05) is 59.4 Å². The van der Waals surface area contributed by atoms with Crippen LogP contribution < -0.4 is 29.9 Å². The summed E-state index contributed by atoms with van der Waals surface area (Å²) < 4.78 is 13.3. The van der Waals surface area contributed by atoms with Crippen molar-refractivity contribution < 1.29 is 9.13 Å². The average Bonchev–Trinajstić information content (AvgIpc) is 4.10. The average molecular weight is 863 g/mol. The Balaban J connectivity index is 1.24. The lowest BCUT2D eigenvalue weighted by molar-refractivity contribution is -0.955. The van der Waals surface area contributed by atoms with Crippen LogP contribution in [0.3, 0.4) is 0 Å². The van der Waals surface area contributed by atoms with Crippen molar-refractivity contribution in [2.24, 2.45) is 0 Å². The largest absolute Gasteiger partial charge is 0.311 e. The smallest absolute Gasteiger partial charge is 0.191 e. The lowest BCUT2D eigenvalue weighted by atomic mass is 9.85. The summed E-state index contributed by atoms with van der Waals surface area (Å²) in [5.41, 5.74) is 12.2. The van der Waals surface area contributed by atoms with E-state index in [2.05, 4.69) is 226 Å². The molecule has 0 N–H and O–H groups in total. The number of nitrogens with zero attached hydrogens (tertiary/aromatic N) is 4. The van der Waals surface area contributed by atoms with E-state index >= 15 is 0 Å². The van der Waals surface area contributed by atoms with Gasteiger partial charge in [-0.3, -0.25) is 0 Å². The first-order chi connectivity index (χ1) is 32.1. The van der Waals surface area contributed by atoms with Gasteiger partial charge in [0.1, 0.15) is 17.2 Å². The van der Waals surface area contributed by atoms with Gasteiger partial charge in [0.05, 0.1) is 22.7 Å². The standard InChI is InChI=1S/C59H38N4SSi/c1-35-16-15-17-36(2)53(35)47-34-61-58-54-41(43-32-44-40-23-10-12-25-48(40)64-49(44)33-46(43)62(47)58)27-29-50-55(54)59(61)56-51(65(50,37-18-5-3-6-19-37)38-20-7-4-8-21-38)30-28-42-39-22-9-11-24-45(39)63(57(42)56)52-26-13-14-31-60(52)59/h3-34H,1-2H3/q+2. The number of pyridine rings is 2. The van der Waals surface area contributed by atoms with Crippen molar-refractivity contribution in [3.63, 3.8) is 0 Å². The van der Waals surface area contributed by atoms with Crippen molar-refractivity contribution in [2.45, 2.75) is 19.5 Å². The van der Waals surface area contributed by atoms with E-state index in [1.54, 1.807) is 0 Å². The Morgan fingerprint density at radius 3 is 1.97 bits per heavy atom. The van der Waals surface area contributed by atoms with Crippen molar-refractivity contribution in [1.82, 2.24) is 8.97 Å². The molecule has 4 nitrogen and oxygen atoms in total. The third-order valence-corrected chi connectivity index (χ3v) is 21.6. The summed E-state index contributed by atoms with van der Waals surface area (Å²) >= 11 is 1.91. The highest BCUT2D eigenvalue weighted by molar-refractivity contribution is 7.26. The molecule has 13 aromatic rings. The number of thiophene rings is 1. The normalized spacial score (nSPS) is 16.3. The van der Waals surface area contributed by atoms with E-state index < -0.39 is 13.7 Å². The molecule has 0 saturated heterocycles. The minimum atomic E-state index is -3.07. The molecule has 302 valence electrons. The number of aryl methyl sites for hydroxylation is 2. The van der Waals surface area contributed by atoms with Crippen molar-refractivity contribution in [1.29, 1.82) is 0 Å². The quantitative estimate of drug-likeness (QED) is 0.0957. The highest BCUT2D eigenvalue weighted by atomic mass is 32.1. The van der Waals surface area contributed by atoms with E-state index in [1.165, 1.54) is 129 Å². The number of hydrogen-bond acceptors (Lipinski definition) is 1. The molecule has 0 amide bonds. The molecule has 0 saturated carbocycles. The van der Waals surface area contributed by atoms with Crippen LogP contribution in [0.15, 0.2) is 194 Å². The van der Waals surface area contributed by atoms with Crippen molar-refractivity contribution in [3.8, 4) is 17.1 Å². The minimum Gasteiger partial charge on any atom is -0.191 e. The van der Waals surface area contributed by atoms with Gasteiger partial charge in [-0.1, -0.05) is 133 Å². The summed E-state index contributed by atoms with van der Waals surface area (Å²) in [7, 11) is -3.07. The molecule has 8 heterocycles. The molecule has 1 spiro atoms. The molecule has 16 rings (SSSR count). The van der Waals surface area contributed by atoms with Crippen LogP contribution in [0, 0.1) is 13.8 Å². The van der Waals surface area contributed by atoms with Gasteiger partial charge < -0.3 is 0 Å². The van der Waals surface area contributed by atoms with Gasteiger partial charge in [0.25, 0.3) is 11.5 Å². The second-order valence-corrected chi connectivity index (χ2v) is 23.3. The van der Waals surface area contributed by atoms with E-state index in [0.29, 0.717) is 0 Å². The molecule has 65 heavy (non-hydrogen) atoms. The first kappa shape index (κ1) is 34.8. The first-order valence-corrected chi connectivity index (χ1v) is 25.5. The number of aromatic nitrogens is 4. The fourth-order valence-corrected chi connectivity index (χ4v) is 19.7. The van der Waals surface area contributed by atoms with Crippen LogP contribution >= 0.6 is 11.3 Å². The Hall–Kier alpha value is -7.64. The molecule has 0 radical (unpaired) electrons. The predicted molar refractivity (Wildman–Crippen MR) is 270 cm³/mol. The summed E-state index contributed by atoms with van der Waals surface area (Å²) in [4.78, 5) is 0. The van der Waals surface area contributed by atoms with Gasteiger partial charge in [-0.25, -0.2) is 0 Å². The molecule has 0 fully saturated rings. The molecule has 0 bridgehead atoms. The second-order valence-electron chi connectivity index (χ2n) is 18.5. The maximum atomic E-state index is 2.74. The maximum absolute atomic E-state index is 3.07. The van der Waals surface area contributed by atoms with E-state index in [9.17, 15) is 0 Å². The molecule has 3 aliphatic heterocycles. The van der Waals surface area contributed by atoms with Crippen LogP contribution in [0.2, 0.25) is 0 Å². The SMILES string of the molecule is Cc1cccc(C)c1-c1c[n+]2c3c4c5c(ccc4c4cc6c(cc4n13)sc1ccccc16)[Si](c1ccccc1)(c1ccccc1)c1ccc3c4ccccc4n4c3c1C52[n+]1ccccc1-4. The molecule has 3 aliphatic rings. The van der Waals surface area contributed by atoms with Gasteiger partial charge in [0.2, 0.25) is 0 Å². The van der Waals surface area contributed by atoms with E-state index in [-0.39, 0.29) is 0 Å². The zero-order chi connectivity index (χ0) is 42.5. The van der Waals surface area contributed by atoms with Gasteiger partial charge in [-0.2, -0.15) is 18.1 Å². The predicted octanol–water partition coefficient (Wildman–Crippen LogP) is 10.2. The number of para-hydroxylation sites is 1. The van der Waals surface area contributed by atoms with Gasteiger partial charge in [-0.05, 0) is 82.1 Å². The Kier molecular flexibility index (Phi) is 6.28. The van der Waals surface area contributed by atoms with Crippen LogP contribution in [-0.4, -0.2) is 17.0 Å². The highest BCUT2D eigenvalue weighted by Gasteiger charge is 2.68. The fourth-order valence-electron chi connectivity index (χ4n) is 13.4. The highest BCUT2D eigenvalue weighted by Crippen LogP contribution is 2.51. The third kappa shape index (κ3) is 3.80. The Bertz CT molecular complexity index is 4270. The lowest BCUT2D eigenvalue weighted by Crippen LogP contribution is -2.86. The Morgan fingerprint density at radius 1 is 0.508 bits per heavy atom. The first-order valence-electron chi connectivity index (χ1n) is 22.7. The summed E-state index contributed by atoms with van der Waals surface area (Å²) in [6.07, 6.45) is 4.92. The van der Waals surface area contributed by atoms with E-state index in [0.717, 1.165) is 0 Å². The minimum absolute atomic E-state index is 0.755. The second kappa shape index (κ2) is 11.7. The van der Waals surface area contributed by atoms with Crippen molar-refractivity contribution >= 4 is 109 Å². The number of imidazole rings is 1. The summed E-state index contributed by atoms with van der Waals surface area (Å²) in [6, 6.07) is 69.9. The molecule has 1 atom stereocenters. The van der Waals surface area contributed by atoms with Crippen LogP contribution in [-0.2, 0) is 5.66 Å². The van der Waals surface area contributed by atoms with Gasteiger partial charge >= 0.3 is 5.66 Å². The lowest BCUT2D eigenvalue weighted by Gasteiger charge is -2.45. The molecular weight excluding hydrogens is 825 g/mol. The third-order valence-electron chi connectivity index (χ3n) is 15.6. The Labute approximate surface area is 378 Å². The number of rotatable bonds is 3. The monoisotopic (exact) mass is 862 g/mol. The van der Waals surface area contributed by atoms with E-state index in [4.69, 9.17) is 0 Å². The van der Waals surface area contributed by atoms with Crippen LogP contribution in [0.25, 0.3) is 86.4 Å². The molecule has 0 aliphatic carbocycles. The summed E-state index contributed by atoms with van der Waals surface area (Å²) in [6.45, 7) is 4.57. The summed E-state index contributed by atoms with van der Waals surface area (Å²) in [5, 5.41) is 14.9. The zero-order valence-corrected chi connectivity index (χ0v) is 37.5. The fraction of sp³-hybridized carbons (Fsp3) is 0.0508. The number of fused-ring (bicyclic) bond motifs is 11. The van der Waals surface area contributed by atoms with Crippen LogP contribution in [0.1, 0.15) is 22.3 Å². The molecule has 1 unspecified atom stereocenters. The summed E-state index contributed by atoms with van der Waals surface area (Å²) in [5.74, 6) is 1.17. The van der Waals surface area contributed by atoms with E-state index in [1.807, 2.05) is 11.3 Å². The molecule has 6 heteroatoms. The van der Waals surface area contributed by atoms with Crippen molar-refractivity contribution in [2.75, 3.05) is 0 Å². The zero-order valence-electron chi connectivity index (χ0n) is 35.7. The Morgan fingerprint density at radius 2 is 1.18 bits per heavy atom. The number of hydrogen-bond donors (Lipinski definition) is 0. The van der Waals surface area contributed by atoms with Crippen LogP contribution in [0.5, 0.6) is 0 Å². The molecule has 5 aromatic heterocycles.